The average Bonchev–Trinajstić information content (AvgIpc) is 2.36. The molecule has 0 saturated heterocycles. The third-order valence-corrected chi connectivity index (χ3v) is 4.41. The van der Waals surface area contributed by atoms with Crippen LogP contribution >= 0.6 is 0 Å². The molecule has 9 heteroatoms. The molecule has 0 aliphatic heterocycles. The van der Waals surface area contributed by atoms with Gasteiger partial charge in [-0.05, 0) is 38.8 Å². The molecule has 21 heavy (non-hydrogen) atoms. The maximum absolute atomic E-state index is 11.9. The van der Waals surface area contributed by atoms with E-state index in [4.69, 9.17) is 0 Å². The lowest BCUT2D eigenvalue weighted by molar-refractivity contribution is -0.135. The highest BCUT2D eigenvalue weighted by molar-refractivity contribution is 7.87. The normalized spacial score (nSPS) is 13.0. The lowest BCUT2D eigenvalue weighted by Crippen LogP contribution is -2.39. The minimum Gasteiger partial charge on any atom is -0.317 e. The van der Waals surface area contributed by atoms with Crippen molar-refractivity contribution in [1.29, 1.82) is 0 Å². The zero-order chi connectivity index (χ0) is 16.4. The van der Waals surface area contributed by atoms with E-state index in [9.17, 15) is 21.6 Å². The Morgan fingerprint density at radius 2 is 1.71 bits per heavy atom. The maximum Gasteiger partial charge on any atom is 0.389 e. The van der Waals surface area contributed by atoms with Crippen LogP contribution in [-0.4, -0.2) is 52.1 Å². The quantitative estimate of drug-likeness (QED) is 0.536. The molecule has 0 atom stereocenters. The van der Waals surface area contributed by atoms with Gasteiger partial charge in [0.1, 0.15) is 0 Å². The number of unbranched alkanes of at least 4 members (excludes halogenated alkanes) is 1. The van der Waals surface area contributed by atoms with Crippen molar-refractivity contribution in [3.05, 3.63) is 0 Å². The Labute approximate surface area is 125 Å². The van der Waals surface area contributed by atoms with E-state index in [2.05, 4.69) is 10.0 Å². The van der Waals surface area contributed by atoms with Crippen molar-refractivity contribution in [2.75, 3.05) is 33.2 Å². The summed E-state index contributed by atoms with van der Waals surface area (Å²) in [6, 6.07) is 0. The monoisotopic (exact) mass is 333 g/mol. The molecule has 0 rings (SSSR count). The molecule has 0 amide bonds. The van der Waals surface area contributed by atoms with Gasteiger partial charge in [0, 0.05) is 26.6 Å². The molecule has 0 unspecified atom stereocenters. The minimum atomic E-state index is -4.18. The molecule has 0 aromatic heterocycles. The summed E-state index contributed by atoms with van der Waals surface area (Å²) in [5.41, 5.74) is 0. The molecule has 0 aliphatic carbocycles. The largest absolute Gasteiger partial charge is 0.389 e. The molecular weight excluding hydrogens is 307 g/mol. The fraction of sp³-hybridized carbons (Fsp3) is 1.00. The van der Waals surface area contributed by atoms with Crippen LogP contribution in [0.25, 0.3) is 0 Å². The van der Waals surface area contributed by atoms with Crippen molar-refractivity contribution >= 4 is 10.2 Å². The zero-order valence-corrected chi connectivity index (χ0v) is 13.5. The molecule has 2 N–H and O–H groups in total. The number of halogens is 3. The second-order valence-electron chi connectivity index (χ2n) is 4.90. The Bertz CT molecular complexity index is 361. The van der Waals surface area contributed by atoms with E-state index in [1.807, 2.05) is 6.92 Å². The first-order valence-corrected chi connectivity index (χ1v) is 8.61. The lowest BCUT2D eigenvalue weighted by Gasteiger charge is -2.17. The van der Waals surface area contributed by atoms with Crippen LogP contribution in [0.2, 0.25) is 0 Å². The van der Waals surface area contributed by atoms with Crippen LogP contribution in [0.1, 0.15) is 39.0 Å². The average molecular weight is 333 g/mol. The summed E-state index contributed by atoms with van der Waals surface area (Å²) in [5, 5.41) is 3.17. The minimum absolute atomic E-state index is 0.0246. The summed E-state index contributed by atoms with van der Waals surface area (Å²) in [6.45, 7) is 4.07. The highest BCUT2D eigenvalue weighted by Crippen LogP contribution is 2.21. The first-order chi connectivity index (χ1) is 9.69. The van der Waals surface area contributed by atoms with E-state index in [1.165, 1.54) is 11.4 Å². The first-order valence-electron chi connectivity index (χ1n) is 7.17. The van der Waals surface area contributed by atoms with Gasteiger partial charge in [0.25, 0.3) is 10.2 Å². The third kappa shape index (κ3) is 11.9. The lowest BCUT2D eigenvalue weighted by atomic mass is 10.2. The number of hydrogen-bond donors (Lipinski definition) is 2. The Balaban J connectivity index is 3.80. The van der Waals surface area contributed by atoms with Gasteiger partial charge >= 0.3 is 6.18 Å². The summed E-state index contributed by atoms with van der Waals surface area (Å²) < 4.78 is 62.8. The molecule has 0 heterocycles. The molecule has 0 spiro atoms. The van der Waals surface area contributed by atoms with Crippen LogP contribution in [0.15, 0.2) is 0 Å². The van der Waals surface area contributed by atoms with Gasteiger partial charge in [-0.1, -0.05) is 6.92 Å². The van der Waals surface area contributed by atoms with Crippen molar-refractivity contribution in [3.8, 4) is 0 Å². The molecule has 0 aromatic carbocycles. The van der Waals surface area contributed by atoms with Gasteiger partial charge < -0.3 is 5.32 Å². The number of alkyl halides is 3. The topological polar surface area (TPSA) is 61.4 Å². The van der Waals surface area contributed by atoms with Crippen molar-refractivity contribution in [1.82, 2.24) is 14.3 Å². The van der Waals surface area contributed by atoms with Crippen LogP contribution in [0.3, 0.4) is 0 Å². The third-order valence-electron chi connectivity index (χ3n) is 2.84. The van der Waals surface area contributed by atoms with Gasteiger partial charge in [0.05, 0.1) is 0 Å². The second kappa shape index (κ2) is 10.4. The Hall–Kier alpha value is -0.380. The van der Waals surface area contributed by atoms with Crippen LogP contribution in [0.4, 0.5) is 13.2 Å². The van der Waals surface area contributed by atoms with Gasteiger partial charge in [-0.3, -0.25) is 0 Å². The summed E-state index contributed by atoms with van der Waals surface area (Å²) in [6.07, 6.45) is -3.25. The molecule has 0 bridgehead atoms. The van der Waals surface area contributed by atoms with Gasteiger partial charge in [-0.2, -0.15) is 25.9 Å². The maximum atomic E-state index is 11.9. The summed E-state index contributed by atoms with van der Waals surface area (Å²) in [4.78, 5) is 0. The van der Waals surface area contributed by atoms with Crippen molar-refractivity contribution in [2.45, 2.75) is 45.2 Å². The molecule has 128 valence electrons. The number of nitrogens with zero attached hydrogens (tertiary/aromatic N) is 1. The summed E-state index contributed by atoms with van der Waals surface area (Å²) in [7, 11) is -2.14. The fourth-order valence-corrected chi connectivity index (χ4v) is 2.60. The molecule has 0 aliphatic rings. The van der Waals surface area contributed by atoms with Crippen molar-refractivity contribution in [3.63, 3.8) is 0 Å². The van der Waals surface area contributed by atoms with Gasteiger partial charge in [0.2, 0.25) is 0 Å². The van der Waals surface area contributed by atoms with Gasteiger partial charge in [-0.25, -0.2) is 4.72 Å². The predicted octanol–water partition coefficient (Wildman–Crippen LogP) is 1.87. The molecule has 0 radical (unpaired) electrons. The van der Waals surface area contributed by atoms with Crippen LogP contribution in [0, 0.1) is 0 Å². The van der Waals surface area contributed by atoms with Crippen molar-refractivity contribution in [2.24, 2.45) is 0 Å². The molecule has 0 aromatic rings. The number of nitrogens with one attached hydrogen (secondary N) is 2. The van der Waals surface area contributed by atoms with E-state index in [-0.39, 0.29) is 19.4 Å². The first kappa shape index (κ1) is 20.6. The van der Waals surface area contributed by atoms with E-state index in [0.29, 0.717) is 13.0 Å². The summed E-state index contributed by atoms with van der Waals surface area (Å²) >= 11 is 0. The Morgan fingerprint density at radius 1 is 1.05 bits per heavy atom. The summed E-state index contributed by atoms with van der Waals surface area (Å²) in [5.74, 6) is 0. The van der Waals surface area contributed by atoms with E-state index in [0.717, 1.165) is 19.5 Å². The van der Waals surface area contributed by atoms with E-state index in [1.54, 1.807) is 0 Å². The molecule has 0 saturated carbocycles. The second-order valence-corrected chi connectivity index (χ2v) is 6.76. The number of rotatable bonds is 12. The highest BCUT2D eigenvalue weighted by Gasteiger charge is 2.26. The predicted molar refractivity (Wildman–Crippen MR) is 77.2 cm³/mol. The fourth-order valence-electron chi connectivity index (χ4n) is 1.61. The van der Waals surface area contributed by atoms with Crippen LogP contribution < -0.4 is 10.0 Å². The zero-order valence-electron chi connectivity index (χ0n) is 12.7. The van der Waals surface area contributed by atoms with E-state index < -0.39 is 22.8 Å². The van der Waals surface area contributed by atoms with Crippen LogP contribution in [-0.2, 0) is 10.2 Å². The van der Waals surface area contributed by atoms with Gasteiger partial charge in [-0.15, -0.1) is 0 Å². The Kier molecular flexibility index (Phi) is 10.2. The molecule has 0 fully saturated rings. The Morgan fingerprint density at radius 3 is 2.29 bits per heavy atom. The smallest absolute Gasteiger partial charge is 0.317 e. The standard InChI is InChI=1S/C12H26F3N3O2S/c1-3-8-16-9-6-11-18(2)21(19,20)17-10-5-4-7-12(13,14)15/h16-17H,3-11H2,1-2H3. The molecular formula is C12H26F3N3O2S. The highest BCUT2D eigenvalue weighted by atomic mass is 32.2. The van der Waals surface area contributed by atoms with Crippen LogP contribution in [0.5, 0.6) is 0 Å². The number of hydrogen-bond acceptors (Lipinski definition) is 3. The van der Waals surface area contributed by atoms with E-state index >= 15 is 0 Å². The molecule has 5 nitrogen and oxygen atoms in total. The SMILES string of the molecule is CCCNCCCN(C)S(=O)(=O)NCCCCC(F)(F)F. The van der Waals surface area contributed by atoms with Gasteiger partial charge in [0.15, 0.2) is 0 Å². The van der Waals surface area contributed by atoms with Crippen molar-refractivity contribution < 1.29 is 21.6 Å².